The van der Waals surface area contributed by atoms with E-state index < -0.39 is 22.0 Å². The van der Waals surface area contributed by atoms with Crippen molar-refractivity contribution < 1.29 is 24.3 Å². The molecule has 0 aliphatic carbocycles. The Bertz CT molecular complexity index is 995. The van der Waals surface area contributed by atoms with Crippen LogP contribution in [-0.4, -0.2) is 51.8 Å². The molecule has 1 aliphatic rings. The number of aromatic nitrogens is 2. The number of aromatic hydroxyl groups is 1. The lowest BCUT2D eigenvalue weighted by atomic mass is 10.2. The van der Waals surface area contributed by atoms with Crippen molar-refractivity contribution in [2.24, 2.45) is 0 Å². The number of nitrogens with zero attached hydrogens (tertiary/aromatic N) is 2. The van der Waals surface area contributed by atoms with E-state index >= 15 is 0 Å². The predicted molar refractivity (Wildman–Crippen MR) is 106 cm³/mol. The lowest BCUT2D eigenvalue weighted by Crippen LogP contribution is -2.35. The van der Waals surface area contributed by atoms with Gasteiger partial charge >= 0.3 is 11.2 Å². The van der Waals surface area contributed by atoms with Crippen LogP contribution in [0.3, 0.4) is 0 Å². The smallest absolute Gasteiger partial charge is 0.395 e. The summed E-state index contributed by atoms with van der Waals surface area (Å²) in [6.07, 6.45) is 5.00. The summed E-state index contributed by atoms with van der Waals surface area (Å²) >= 11 is 0. The predicted octanol–water partition coefficient (Wildman–Crippen LogP) is 1.23. The molecule has 1 aromatic carbocycles. The lowest BCUT2D eigenvalue weighted by Gasteiger charge is -2.11. The highest BCUT2D eigenvalue weighted by atomic mass is 16.6. The zero-order valence-corrected chi connectivity index (χ0v) is 15.9. The summed E-state index contributed by atoms with van der Waals surface area (Å²) < 4.78 is 10.9. The SMILES string of the molecule is O=C(COc1ccc(/C=C/c2nc(O)c([N+](=O)[O-])c(=O)[nH]2)cc1)NC[C@@H]1CCCO1. The molecule has 2 heterocycles. The van der Waals surface area contributed by atoms with Gasteiger partial charge in [0, 0.05) is 13.2 Å². The molecule has 3 N–H and O–H groups in total. The maximum Gasteiger partial charge on any atom is 0.395 e. The van der Waals surface area contributed by atoms with Gasteiger partial charge in [0.15, 0.2) is 6.61 Å². The van der Waals surface area contributed by atoms with Gasteiger partial charge < -0.3 is 24.9 Å². The summed E-state index contributed by atoms with van der Waals surface area (Å²) in [4.78, 5) is 38.9. The summed E-state index contributed by atoms with van der Waals surface area (Å²) in [5.41, 5.74) is -1.34. The van der Waals surface area contributed by atoms with Crippen LogP contribution in [0.15, 0.2) is 29.1 Å². The topological polar surface area (TPSA) is 157 Å². The van der Waals surface area contributed by atoms with Crippen molar-refractivity contribution in [3.05, 3.63) is 56.1 Å². The third-order valence-corrected chi connectivity index (χ3v) is 4.31. The standard InChI is InChI=1S/C19H20N4O7/c24-16(20-10-14-2-1-9-29-14)11-30-13-6-3-12(4-7-13)5-8-15-21-18(25)17(23(27)28)19(26)22-15/h3-8,14H,1-2,9-11H2,(H,20,24)(H2,21,22,25,26)/b8-5+/t14-/m0/s1. The molecule has 0 radical (unpaired) electrons. The molecule has 3 rings (SSSR count). The van der Waals surface area contributed by atoms with Crippen LogP contribution in [0.25, 0.3) is 12.2 Å². The Labute approximate surface area is 170 Å². The van der Waals surface area contributed by atoms with Gasteiger partial charge in [-0.2, -0.15) is 4.98 Å². The Kier molecular flexibility index (Phi) is 6.75. The van der Waals surface area contributed by atoms with Crippen molar-refractivity contribution in [2.75, 3.05) is 19.8 Å². The van der Waals surface area contributed by atoms with E-state index in [2.05, 4.69) is 15.3 Å². The fourth-order valence-electron chi connectivity index (χ4n) is 2.80. The molecule has 158 valence electrons. The fraction of sp³-hybridized carbons (Fsp3) is 0.316. The largest absolute Gasteiger partial charge is 0.488 e. The first-order valence-corrected chi connectivity index (χ1v) is 9.19. The minimum atomic E-state index is -1.05. The first-order valence-electron chi connectivity index (χ1n) is 9.19. The molecule has 0 unspecified atom stereocenters. The molecule has 1 atom stereocenters. The van der Waals surface area contributed by atoms with E-state index in [4.69, 9.17) is 9.47 Å². The van der Waals surface area contributed by atoms with E-state index in [0.717, 1.165) is 19.4 Å². The molecule has 1 fully saturated rings. The maximum absolute atomic E-state index is 11.8. The Morgan fingerprint density at radius 3 is 2.80 bits per heavy atom. The van der Waals surface area contributed by atoms with Gasteiger partial charge in [-0.05, 0) is 36.6 Å². The van der Waals surface area contributed by atoms with Crippen molar-refractivity contribution in [1.29, 1.82) is 0 Å². The number of hydrogen-bond acceptors (Lipinski definition) is 8. The van der Waals surface area contributed by atoms with Crippen LogP contribution in [-0.2, 0) is 9.53 Å². The van der Waals surface area contributed by atoms with Crippen molar-refractivity contribution in [2.45, 2.75) is 18.9 Å². The molecule has 1 aliphatic heterocycles. The number of nitro groups is 1. The molecule has 0 spiro atoms. The second-order valence-electron chi connectivity index (χ2n) is 6.51. The minimum Gasteiger partial charge on any atom is -0.488 e. The first-order chi connectivity index (χ1) is 14.4. The number of benzene rings is 1. The van der Waals surface area contributed by atoms with Crippen LogP contribution in [0.1, 0.15) is 24.2 Å². The summed E-state index contributed by atoms with van der Waals surface area (Å²) in [5.74, 6) is -0.724. The molecule has 0 saturated carbocycles. The van der Waals surface area contributed by atoms with Crippen LogP contribution < -0.4 is 15.6 Å². The normalized spacial score (nSPS) is 15.9. The highest BCUT2D eigenvalue weighted by Crippen LogP contribution is 2.18. The molecule has 0 bridgehead atoms. The molecule has 1 saturated heterocycles. The molecule has 11 nitrogen and oxygen atoms in total. The Balaban J connectivity index is 1.52. The van der Waals surface area contributed by atoms with Crippen LogP contribution >= 0.6 is 0 Å². The van der Waals surface area contributed by atoms with Crippen molar-refractivity contribution in [3.8, 4) is 11.6 Å². The summed E-state index contributed by atoms with van der Waals surface area (Å²) in [6.45, 7) is 1.09. The van der Waals surface area contributed by atoms with Crippen LogP contribution in [0.2, 0.25) is 0 Å². The van der Waals surface area contributed by atoms with Gasteiger partial charge in [-0.3, -0.25) is 19.7 Å². The monoisotopic (exact) mass is 416 g/mol. The van der Waals surface area contributed by atoms with Gasteiger partial charge in [-0.1, -0.05) is 18.2 Å². The average Bonchev–Trinajstić information content (AvgIpc) is 3.23. The van der Waals surface area contributed by atoms with Gasteiger partial charge in [0.1, 0.15) is 11.6 Å². The third-order valence-electron chi connectivity index (χ3n) is 4.31. The maximum atomic E-state index is 11.8. The number of aromatic amines is 1. The van der Waals surface area contributed by atoms with Gasteiger partial charge in [0.05, 0.1) is 11.0 Å². The molecule has 2 aromatic rings. The average molecular weight is 416 g/mol. The number of amides is 1. The van der Waals surface area contributed by atoms with Crippen molar-refractivity contribution in [1.82, 2.24) is 15.3 Å². The molecule has 1 aromatic heterocycles. The molecular formula is C19H20N4O7. The second-order valence-corrected chi connectivity index (χ2v) is 6.51. The number of H-pyrrole nitrogens is 1. The Morgan fingerprint density at radius 2 is 2.17 bits per heavy atom. The first kappa shape index (κ1) is 21.0. The number of rotatable bonds is 8. The highest BCUT2D eigenvalue weighted by molar-refractivity contribution is 5.77. The van der Waals surface area contributed by atoms with Crippen LogP contribution in [0, 0.1) is 10.1 Å². The molecule has 30 heavy (non-hydrogen) atoms. The second kappa shape index (κ2) is 9.65. The fourth-order valence-corrected chi connectivity index (χ4v) is 2.80. The van der Waals surface area contributed by atoms with Gasteiger partial charge in [-0.15, -0.1) is 0 Å². The zero-order chi connectivity index (χ0) is 21.5. The number of nitrogens with one attached hydrogen (secondary N) is 2. The molecule has 1 amide bonds. The summed E-state index contributed by atoms with van der Waals surface area (Å²) in [6, 6.07) is 6.74. The molecular weight excluding hydrogens is 396 g/mol. The number of carbonyl (C=O) groups excluding carboxylic acids is 1. The lowest BCUT2D eigenvalue weighted by molar-refractivity contribution is -0.387. The van der Waals surface area contributed by atoms with Crippen LogP contribution in [0.5, 0.6) is 11.6 Å². The summed E-state index contributed by atoms with van der Waals surface area (Å²) in [7, 11) is 0. The summed E-state index contributed by atoms with van der Waals surface area (Å²) in [5, 5.41) is 23.0. The zero-order valence-electron chi connectivity index (χ0n) is 15.9. The van der Waals surface area contributed by atoms with E-state index in [-0.39, 0.29) is 24.4 Å². The van der Waals surface area contributed by atoms with Crippen molar-refractivity contribution >= 4 is 23.7 Å². The van der Waals surface area contributed by atoms with E-state index in [1.807, 2.05) is 0 Å². The van der Waals surface area contributed by atoms with Crippen molar-refractivity contribution in [3.63, 3.8) is 0 Å². The Morgan fingerprint density at radius 1 is 1.40 bits per heavy atom. The van der Waals surface area contributed by atoms with E-state index in [9.17, 15) is 24.8 Å². The Hall–Kier alpha value is -3.73. The third kappa shape index (κ3) is 5.64. The highest BCUT2D eigenvalue weighted by Gasteiger charge is 2.21. The van der Waals surface area contributed by atoms with Crippen LogP contribution in [0.4, 0.5) is 5.69 Å². The quantitative estimate of drug-likeness (QED) is 0.428. The van der Waals surface area contributed by atoms with Gasteiger partial charge in [0.25, 0.3) is 11.8 Å². The van der Waals surface area contributed by atoms with E-state index in [0.29, 0.717) is 17.9 Å². The van der Waals surface area contributed by atoms with Gasteiger partial charge in [-0.25, -0.2) is 0 Å². The number of hydrogen-bond donors (Lipinski definition) is 3. The number of carbonyl (C=O) groups is 1. The van der Waals surface area contributed by atoms with E-state index in [1.54, 1.807) is 30.3 Å². The van der Waals surface area contributed by atoms with E-state index in [1.165, 1.54) is 6.08 Å². The minimum absolute atomic E-state index is 0.0358. The van der Waals surface area contributed by atoms with Gasteiger partial charge in [0.2, 0.25) is 0 Å². The number of ether oxygens (including phenoxy) is 2. The molecule has 11 heteroatoms.